The summed E-state index contributed by atoms with van der Waals surface area (Å²) in [5, 5.41) is 3.33. The smallest absolute Gasteiger partial charge is 0.327 e. The largest absolute Gasteiger partial charge is 0.349 e. The second-order valence-electron chi connectivity index (χ2n) is 7.21. The summed E-state index contributed by atoms with van der Waals surface area (Å²) < 4.78 is 0. The molecule has 4 rings (SSSR count). The number of halogens is 2. The lowest BCUT2D eigenvalue weighted by Crippen LogP contribution is -2.53. The maximum Gasteiger partial charge on any atom is 0.327 e. The van der Waals surface area contributed by atoms with Gasteiger partial charge in [-0.2, -0.15) is 0 Å². The SMILES string of the molecule is Cl.Cl.NC1CC2CCCC(C1)C2NC(=O)c1cnc2[nH]c(=O)[nH]c(=O)c2c1. The minimum absolute atomic E-state index is 0. The lowest BCUT2D eigenvalue weighted by Gasteiger charge is -2.45. The van der Waals surface area contributed by atoms with Crippen molar-refractivity contribution >= 4 is 41.8 Å². The predicted octanol–water partition coefficient (Wildman–Crippen LogP) is 1.09. The molecule has 2 aromatic rings. The topological polar surface area (TPSA) is 134 Å². The van der Waals surface area contributed by atoms with Crippen molar-refractivity contribution in [2.45, 2.75) is 44.2 Å². The van der Waals surface area contributed by atoms with Gasteiger partial charge in [-0.3, -0.25) is 19.6 Å². The fourth-order valence-corrected chi connectivity index (χ4v) is 4.43. The summed E-state index contributed by atoms with van der Waals surface area (Å²) in [5.74, 6) is 0.594. The number of carbonyl (C=O) groups excluding carboxylic acids is 1. The average Bonchev–Trinajstić information content (AvgIpc) is 2.55. The highest BCUT2D eigenvalue weighted by molar-refractivity contribution is 5.96. The summed E-state index contributed by atoms with van der Waals surface area (Å²) in [6.45, 7) is 0. The standard InChI is InChI=1S/C17H21N5O3.2ClH/c18-11-4-8-2-1-3-9(5-11)13(8)20-15(23)10-6-12-14(19-7-10)21-17(25)22-16(12)24;;/h6-9,11,13H,1-5,18H2,(H,20,23)(H2,19,21,22,24,25);2*1H. The van der Waals surface area contributed by atoms with Crippen LogP contribution in [0.1, 0.15) is 42.5 Å². The second kappa shape index (κ2) is 8.41. The lowest BCUT2D eigenvalue weighted by atomic mass is 9.67. The molecule has 8 nitrogen and oxygen atoms in total. The Morgan fingerprint density at radius 2 is 1.81 bits per heavy atom. The third kappa shape index (κ3) is 4.17. The van der Waals surface area contributed by atoms with Gasteiger partial charge in [0.15, 0.2) is 0 Å². The number of aromatic nitrogens is 3. The van der Waals surface area contributed by atoms with Crippen LogP contribution < -0.4 is 22.3 Å². The van der Waals surface area contributed by atoms with E-state index in [1.54, 1.807) is 0 Å². The zero-order chi connectivity index (χ0) is 17.6. The Bertz CT molecular complexity index is 930. The first-order valence-corrected chi connectivity index (χ1v) is 8.70. The number of hydrogen-bond acceptors (Lipinski definition) is 5. The summed E-state index contributed by atoms with van der Waals surface area (Å²) in [4.78, 5) is 44.5. The molecule has 2 saturated carbocycles. The van der Waals surface area contributed by atoms with Crippen LogP contribution in [0.4, 0.5) is 0 Å². The van der Waals surface area contributed by atoms with Crippen LogP contribution in [0.5, 0.6) is 0 Å². The fourth-order valence-electron chi connectivity index (χ4n) is 4.43. The number of nitrogens with zero attached hydrogens (tertiary/aromatic N) is 1. The van der Waals surface area contributed by atoms with Crippen LogP contribution in [0.15, 0.2) is 21.9 Å². The van der Waals surface area contributed by atoms with Crippen molar-refractivity contribution in [3.05, 3.63) is 38.7 Å². The van der Waals surface area contributed by atoms with Crippen molar-refractivity contribution < 1.29 is 4.79 Å². The molecule has 0 aliphatic heterocycles. The molecule has 1 amide bonds. The van der Waals surface area contributed by atoms with E-state index in [4.69, 9.17) is 5.73 Å². The summed E-state index contributed by atoms with van der Waals surface area (Å²) in [6, 6.07) is 1.82. The summed E-state index contributed by atoms with van der Waals surface area (Å²) >= 11 is 0. The molecule has 2 aliphatic rings. The van der Waals surface area contributed by atoms with Crippen molar-refractivity contribution in [1.29, 1.82) is 0 Å². The lowest BCUT2D eigenvalue weighted by molar-refractivity contribution is 0.0756. The zero-order valence-corrected chi connectivity index (χ0v) is 16.2. The van der Waals surface area contributed by atoms with Crippen molar-refractivity contribution in [3.63, 3.8) is 0 Å². The number of hydrogen-bond donors (Lipinski definition) is 4. The van der Waals surface area contributed by atoms with Crippen LogP contribution in [0, 0.1) is 11.8 Å². The van der Waals surface area contributed by atoms with Crippen molar-refractivity contribution in [2.75, 3.05) is 0 Å². The quantitative estimate of drug-likeness (QED) is 0.582. The Morgan fingerprint density at radius 1 is 1.15 bits per heavy atom. The van der Waals surface area contributed by atoms with E-state index in [9.17, 15) is 14.4 Å². The molecule has 148 valence electrons. The average molecular weight is 416 g/mol. The van der Waals surface area contributed by atoms with E-state index >= 15 is 0 Å². The summed E-state index contributed by atoms with van der Waals surface area (Å²) in [7, 11) is 0. The van der Waals surface area contributed by atoms with E-state index < -0.39 is 11.2 Å². The molecule has 2 aromatic heterocycles. The number of pyridine rings is 1. The van der Waals surface area contributed by atoms with Gasteiger partial charge in [-0.25, -0.2) is 9.78 Å². The zero-order valence-electron chi connectivity index (χ0n) is 14.6. The van der Waals surface area contributed by atoms with Crippen molar-refractivity contribution in [3.8, 4) is 0 Å². The number of amides is 1. The van der Waals surface area contributed by atoms with Crippen LogP contribution >= 0.6 is 24.8 Å². The van der Waals surface area contributed by atoms with Gasteiger partial charge in [0.1, 0.15) is 5.65 Å². The highest BCUT2D eigenvalue weighted by Gasteiger charge is 2.40. The summed E-state index contributed by atoms with van der Waals surface area (Å²) in [5.41, 5.74) is 5.45. The van der Waals surface area contributed by atoms with Gasteiger partial charge in [-0.15, -0.1) is 24.8 Å². The first-order valence-electron chi connectivity index (χ1n) is 8.70. The van der Waals surface area contributed by atoms with Crippen LogP contribution in [0.3, 0.4) is 0 Å². The molecule has 2 unspecified atom stereocenters. The second-order valence-corrected chi connectivity index (χ2v) is 7.21. The molecule has 2 bridgehead atoms. The van der Waals surface area contributed by atoms with Gasteiger partial charge in [-0.1, -0.05) is 6.42 Å². The number of fused-ring (bicyclic) bond motifs is 3. The molecule has 10 heteroatoms. The number of carbonyl (C=O) groups is 1. The molecule has 0 radical (unpaired) electrons. The van der Waals surface area contributed by atoms with Crippen LogP contribution in [0.25, 0.3) is 11.0 Å². The minimum atomic E-state index is -0.617. The molecule has 2 aliphatic carbocycles. The van der Waals surface area contributed by atoms with E-state index in [-0.39, 0.29) is 53.8 Å². The Kier molecular flexibility index (Phi) is 6.67. The maximum atomic E-state index is 12.7. The first-order chi connectivity index (χ1) is 12.0. The number of nitrogens with two attached hydrogens (primary N) is 1. The Hall–Kier alpha value is -1.90. The summed E-state index contributed by atoms with van der Waals surface area (Å²) in [6.07, 6.45) is 6.64. The van der Waals surface area contributed by atoms with Gasteiger partial charge in [0.2, 0.25) is 0 Å². The van der Waals surface area contributed by atoms with Gasteiger partial charge < -0.3 is 11.1 Å². The Morgan fingerprint density at radius 3 is 2.48 bits per heavy atom. The molecular weight excluding hydrogens is 393 g/mol. The number of H-pyrrole nitrogens is 2. The van der Waals surface area contributed by atoms with E-state index in [0.29, 0.717) is 17.4 Å². The van der Waals surface area contributed by atoms with Crippen LogP contribution in [-0.4, -0.2) is 32.9 Å². The van der Waals surface area contributed by atoms with Gasteiger partial charge in [0.05, 0.1) is 10.9 Å². The monoisotopic (exact) mass is 415 g/mol. The number of nitrogens with one attached hydrogen (secondary N) is 3. The molecule has 0 aromatic carbocycles. The molecule has 0 saturated heterocycles. The molecule has 2 heterocycles. The number of rotatable bonds is 2. The maximum absolute atomic E-state index is 12.7. The third-order valence-corrected chi connectivity index (χ3v) is 5.53. The Balaban J connectivity index is 0.00000131. The third-order valence-electron chi connectivity index (χ3n) is 5.53. The molecule has 2 atom stereocenters. The molecule has 2 fully saturated rings. The molecular formula is C17H23Cl2N5O3. The van der Waals surface area contributed by atoms with E-state index in [2.05, 4.69) is 20.3 Å². The molecule has 27 heavy (non-hydrogen) atoms. The van der Waals surface area contributed by atoms with Crippen molar-refractivity contribution in [1.82, 2.24) is 20.3 Å². The molecule has 0 spiro atoms. The first kappa shape index (κ1) is 21.4. The fraction of sp³-hybridized carbons (Fsp3) is 0.529. The van der Waals surface area contributed by atoms with E-state index in [1.165, 1.54) is 18.7 Å². The number of aromatic amines is 2. The molecule has 5 N–H and O–H groups in total. The highest BCUT2D eigenvalue weighted by Crippen LogP contribution is 2.39. The van der Waals surface area contributed by atoms with Gasteiger partial charge in [0, 0.05) is 18.3 Å². The predicted molar refractivity (Wildman–Crippen MR) is 107 cm³/mol. The van der Waals surface area contributed by atoms with Gasteiger partial charge in [0.25, 0.3) is 11.5 Å². The van der Waals surface area contributed by atoms with E-state index in [1.807, 2.05) is 0 Å². The van der Waals surface area contributed by atoms with Crippen LogP contribution in [-0.2, 0) is 0 Å². The van der Waals surface area contributed by atoms with Crippen LogP contribution in [0.2, 0.25) is 0 Å². The highest BCUT2D eigenvalue weighted by atomic mass is 35.5. The van der Waals surface area contributed by atoms with E-state index in [0.717, 1.165) is 25.7 Å². The van der Waals surface area contributed by atoms with Crippen molar-refractivity contribution in [2.24, 2.45) is 17.6 Å². The van der Waals surface area contributed by atoms with Gasteiger partial charge in [-0.05, 0) is 43.6 Å². The van der Waals surface area contributed by atoms with Gasteiger partial charge >= 0.3 is 5.69 Å². The Labute approximate surface area is 167 Å². The minimum Gasteiger partial charge on any atom is -0.349 e. The normalized spacial score (nSPS) is 26.6.